The molecule has 1 N–H and O–H groups in total. The molecule has 0 spiro atoms. The topological polar surface area (TPSA) is 55.8 Å². The zero-order chi connectivity index (χ0) is 13.4. The molecule has 4 nitrogen and oxygen atoms in total. The van der Waals surface area contributed by atoms with E-state index in [-0.39, 0.29) is 0 Å². The van der Waals surface area contributed by atoms with Gasteiger partial charge >= 0.3 is 5.97 Å². The number of aliphatic carboxylic acids is 1. The molecular formula is C15H12O4. The maximum atomic E-state index is 11.0. The first kappa shape index (κ1) is 11.6. The molecule has 0 saturated heterocycles. The summed E-state index contributed by atoms with van der Waals surface area (Å²) in [5, 5.41) is 9.03. The van der Waals surface area contributed by atoms with Crippen LogP contribution < -0.4 is 9.47 Å². The van der Waals surface area contributed by atoms with Crippen LogP contribution in [0.5, 0.6) is 23.0 Å². The molecule has 0 aromatic heterocycles. The number of hydrogen-bond donors (Lipinski definition) is 1. The van der Waals surface area contributed by atoms with Crippen LogP contribution in [-0.2, 0) is 4.79 Å². The van der Waals surface area contributed by atoms with Crippen LogP contribution in [0.4, 0.5) is 0 Å². The van der Waals surface area contributed by atoms with E-state index < -0.39 is 11.9 Å². The molecule has 0 amide bonds. The number of para-hydroxylation sites is 2. The summed E-state index contributed by atoms with van der Waals surface area (Å²) in [4.78, 5) is 11.0. The first-order chi connectivity index (χ1) is 9.15. The Bertz CT molecular complexity index is 648. The van der Waals surface area contributed by atoms with Crippen LogP contribution in [0.25, 0.3) is 0 Å². The normalized spacial score (nSPS) is 13.5. The summed E-state index contributed by atoms with van der Waals surface area (Å²) in [5.74, 6) is 0.997. The van der Waals surface area contributed by atoms with E-state index in [1.165, 1.54) is 0 Å². The van der Waals surface area contributed by atoms with Crippen molar-refractivity contribution in [2.45, 2.75) is 12.8 Å². The molecule has 1 unspecified atom stereocenters. The van der Waals surface area contributed by atoms with Gasteiger partial charge in [-0.3, -0.25) is 4.79 Å². The highest BCUT2D eigenvalue weighted by Gasteiger charge is 2.21. The Kier molecular flexibility index (Phi) is 2.63. The fourth-order valence-corrected chi connectivity index (χ4v) is 1.96. The van der Waals surface area contributed by atoms with E-state index in [0.29, 0.717) is 28.6 Å². The first-order valence-corrected chi connectivity index (χ1v) is 5.96. The SMILES string of the molecule is CC(C(=O)O)c1ccc2c(c1)Oc1ccccc1O2. The van der Waals surface area contributed by atoms with Crippen LogP contribution in [0.2, 0.25) is 0 Å². The van der Waals surface area contributed by atoms with Gasteiger partial charge in [0.15, 0.2) is 23.0 Å². The zero-order valence-electron chi connectivity index (χ0n) is 10.3. The summed E-state index contributed by atoms with van der Waals surface area (Å²) < 4.78 is 11.4. The van der Waals surface area contributed by atoms with Crippen LogP contribution in [-0.4, -0.2) is 11.1 Å². The number of hydrogen-bond acceptors (Lipinski definition) is 3. The largest absolute Gasteiger partial charge is 0.481 e. The molecule has 1 aliphatic rings. The quantitative estimate of drug-likeness (QED) is 0.758. The third-order valence-electron chi connectivity index (χ3n) is 3.13. The van der Waals surface area contributed by atoms with E-state index in [9.17, 15) is 4.79 Å². The van der Waals surface area contributed by atoms with Crippen molar-refractivity contribution in [1.29, 1.82) is 0 Å². The van der Waals surface area contributed by atoms with Crippen molar-refractivity contribution >= 4 is 5.97 Å². The molecule has 0 saturated carbocycles. The molecule has 0 fully saturated rings. The number of carboxylic acid groups (broad SMARTS) is 1. The summed E-state index contributed by atoms with van der Waals surface area (Å²) in [6, 6.07) is 12.6. The number of carboxylic acids is 1. The highest BCUT2D eigenvalue weighted by Crippen LogP contribution is 2.45. The minimum Gasteiger partial charge on any atom is -0.481 e. The summed E-state index contributed by atoms with van der Waals surface area (Å²) in [7, 11) is 0. The highest BCUT2D eigenvalue weighted by atomic mass is 16.6. The molecule has 0 radical (unpaired) electrons. The number of benzene rings is 2. The average molecular weight is 256 g/mol. The summed E-state index contributed by atoms with van der Waals surface area (Å²) in [5.41, 5.74) is 0.689. The van der Waals surface area contributed by atoms with Crippen LogP contribution in [0.3, 0.4) is 0 Å². The van der Waals surface area contributed by atoms with Crippen molar-refractivity contribution < 1.29 is 19.4 Å². The third kappa shape index (κ3) is 2.01. The molecule has 19 heavy (non-hydrogen) atoms. The van der Waals surface area contributed by atoms with E-state index in [2.05, 4.69) is 0 Å². The lowest BCUT2D eigenvalue weighted by Crippen LogP contribution is -2.08. The van der Waals surface area contributed by atoms with Crippen molar-refractivity contribution in [3.63, 3.8) is 0 Å². The van der Waals surface area contributed by atoms with Crippen molar-refractivity contribution in [3.8, 4) is 23.0 Å². The van der Waals surface area contributed by atoms with Gasteiger partial charge in [-0.15, -0.1) is 0 Å². The molecule has 0 aliphatic carbocycles. The summed E-state index contributed by atoms with van der Waals surface area (Å²) in [6.07, 6.45) is 0. The smallest absolute Gasteiger partial charge is 0.310 e. The van der Waals surface area contributed by atoms with Gasteiger partial charge in [-0.1, -0.05) is 18.2 Å². The molecule has 0 bridgehead atoms. The Labute approximate surface area is 110 Å². The Morgan fingerprint density at radius 2 is 1.58 bits per heavy atom. The van der Waals surface area contributed by atoms with Gasteiger partial charge in [0.25, 0.3) is 0 Å². The zero-order valence-corrected chi connectivity index (χ0v) is 10.3. The second kappa shape index (κ2) is 4.31. The maximum Gasteiger partial charge on any atom is 0.310 e. The van der Waals surface area contributed by atoms with Gasteiger partial charge in [-0.25, -0.2) is 0 Å². The van der Waals surface area contributed by atoms with Crippen molar-refractivity contribution in [3.05, 3.63) is 48.0 Å². The molecule has 2 aromatic rings. The molecule has 1 atom stereocenters. The second-order valence-electron chi connectivity index (χ2n) is 4.42. The lowest BCUT2D eigenvalue weighted by atomic mass is 10.0. The van der Waals surface area contributed by atoms with Crippen LogP contribution >= 0.6 is 0 Å². The van der Waals surface area contributed by atoms with Crippen molar-refractivity contribution in [1.82, 2.24) is 0 Å². The number of ether oxygens (including phenoxy) is 2. The lowest BCUT2D eigenvalue weighted by molar-refractivity contribution is -0.138. The Morgan fingerprint density at radius 3 is 2.21 bits per heavy atom. The molecule has 3 rings (SSSR count). The van der Waals surface area contributed by atoms with Gasteiger partial charge < -0.3 is 14.6 Å². The maximum absolute atomic E-state index is 11.0. The van der Waals surface area contributed by atoms with Gasteiger partial charge in [0, 0.05) is 0 Å². The Balaban J connectivity index is 1.98. The van der Waals surface area contributed by atoms with Crippen LogP contribution in [0, 0.1) is 0 Å². The molecular weight excluding hydrogens is 244 g/mol. The van der Waals surface area contributed by atoms with Gasteiger partial charge in [-0.05, 0) is 36.8 Å². The molecule has 4 heteroatoms. The Hall–Kier alpha value is -2.49. The van der Waals surface area contributed by atoms with Gasteiger partial charge in [0.1, 0.15) is 0 Å². The standard InChI is InChI=1S/C15H12O4/c1-9(15(16)17)10-6-7-13-14(8-10)19-12-5-3-2-4-11(12)18-13/h2-9H,1H3,(H,16,17). The predicted molar refractivity (Wildman–Crippen MR) is 69.1 cm³/mol. The minimum atomic E-state index is -0.864. The average Bonchev–Trinajstić information content (AvgIpc) is 2.43. The fourth-order valence-electron chi connectivity index (χ4n) is 1.96. The van der Waals surface area contributed by atoms with Crippen LogP contribution in [0.1, 0.15) is 18.4 Å². The lowest BCUT2D eigenvalue weighted by Gasteiger charge is -2.21. The molecule has 96 valence electrons. The van der Waals surface area contributed by atoms with E-state index in [0.717, 1.165) is 0 Å². The number of carbonyl (C=O) groups is 1. The fraction of sp³-hybridized carbons (Fsp3) is 0.133. The summed E-state index contributed by atoms with van der Waals surface area (Å²) >= 11 is 0. The Morgan fingerprint density at radius 1 is 1.00 bits per heavy atom. The van der Waals surface area contributed by atoms with Gasteiger partial charge in [0.2, 0.25) is 0 Å². The van der Waals surface area contributed by atoms with E-state index in [1.54, 1.807) is 25.1 Å². The van der Waals surface area contributed by atoms with Crippen molar-refractivity contribution in [2.24, 2.45) is 0 Å². The van der Waals surface area contributed by atoms with Crippen molar-refractivity contribution in [2.75, 3.05) is 0 Å². The number of rotatable bonds is 2. The summed E-state index contributed by atoms with van der Waals surface area (Å²) in [6.45, 7) is 1.64. The molecule has 1 heterocycles. The first-order valence-electron chi connectivity index (χ1n) is 5.96. The van der Waals surface area contributed by atoms with Crippen LogP contribution in [0.15, 0.2) is 42.5 Å². The van der Waals surface area contributed by atoms with E-state index >= 15 is 0 Å². The van der Waals surface area contributed by atoms with Gasteiger partial charge in [-0.2, -0.15) is 0 Å². The molecule has 2 aromatic carbocycles. The highest BCUT2D eigenvalue weighted by molar-refractivity contribution is 5.76. The van der Waals surface area contributed by atoms with Gasteiger partial charge in [0.05, 0.1) is 5.92 Å². The molecule has 1 aliphatic heterocycles. The monoisotopic (exact) mass is 256 g/mol. The van der Waals surface area contributed by atoms with E-state index in [4.69, 9.17) is 14.6 Å². The van der Waals surface area contributed by atoms with E-state index in [1.807, 2.05) is 24.3 Å². The third-order valence-corrected chi connectivity index (χ3v) is 3.13. The number of fused-ring (bicyclic) bond motifs is 2. The minimum absolute atomic E-state index is 0.546. The second-order valence-corrected chi connectivity index (χ2v) is 4.42. The predicted octanol–water partition coefficient (Wildman–Crippen LogP) is 3.77.